The number of morpholine rings is 1. The number of nitrogens with zero attached hydrogens (tertiary/aromatic N) is 3. The number of amides is 2. The Morgan fingerprint density at radius 2 is 1.75 bits per heavy atom. The summed E-state index contributed by atoms with van der Waals surface area (Å²) in [6.07, 6.45) is 6.77. The van der Waals surface area contributed by atoms with Crippen LogP contribution in [0, 0.1) is 0 Å². The first kappa shape index (κ1) is 25.1. The van der Waals surface area contributed by atoms with Crippen molar-refractivity contribution in [3.63, 3.8) is 0 Å². The maximum atomic E-state index is 13.6. The van der Waals surface area contributed by atoms with Crippen molar-refractivity contribution in [3.8, 4) is 0 Å². The summed E-state index contributed by atoms with van der Waals surface area (Å²) >= 11 is 1.50. The first-order chi connectivity index (χ1) is 15.7. The van der Waals surface area contributed by atoms with Crippen LogP contribution in [0.2, 0.25) is 0 Å². The Hall–Kier alpha value is -1.57. The molecule has 178 valence electrons. The van der Waals surface area contributed by atoms with Gasteiger partial charge in [-0.25, -0.2) is 0 Å². The van der Waals surface area contributed by atoms with Crippen molar-refractivity contribution in [2.24, 2.45) is 0 Å². The van der Waals surface area contributed by atoms with Crippen LogP contribution in [-0.2, 0) is 9.53 Å². The molecule has 32 heavy (non-hydrogen) atoms. The zero-order chi connectivity index (χ0) is 22.6. The van der Waals surface area contributed by atoms with Crippen LogP contribution < -0.4 is 0 Å². The van der Waals surface area contributed by atoms with Gasteiger partial charge in [0.25, 0.3) is 5.91 Å². The Balaban J connectivity index is 1.62. The third-order valence-electron chi connectivity index (χ3n) is 6.29. The number of rotatable bonds is 12. The Morgan fingerprint density at radius 3 is 2.50 bits per heavy atom. The molecule has 6 nitrogen and oxygen atoms in total. The van der Waals surface area contributed by atoms with E-state index in [1.807, 2.05) is 34.1 Å². The number of likely N-dealkylation sites (tertiary alicyclic amines) is 1. The normalized spacial score (nSPS) is 17.0. The van der Waals surface area contributed by atoms with E-state index in [-0.39, 0.29) is 11.8 Å². The van der Waals surface area contributed by atoms with Crippen molar-refractivity contribution >= 4 is 23.6 Å². The molecule has 2 aliphatic heterocycles. The van der Waals surface area contributed by atoms with Crippen molar-refractivity contribution in [1.82, 2.24) is 14.7 Å². The summed E-state index contributed by atoms with van der Waals surface area (Å²) in [5.74, 6) is 0.666. The number of thioether (sulfide) groups is 1. The van der Waals surface area contributed by atoms with Crippen molar-refractivity contribution in [3.05, 3.63) is 29.8 Å². The molecule has 2 aliphatic rings. The van der Waals surface area contributed by atoms with Gasteiger partial charge in [-0.2, -0.15) is 0 Å². The van der Waals surface area contributed by atoms with Gasteiger partial charge in [0.2, 0.25) is 5.91 Å². The van der Waals surface area contributed by atoms with Gasteiger partial charge in [0.05, 0.1) is 24.5 Å². The minimum absolute atomic E-state index is 0.0893. The Labute approximate surface area is 197 Å². The highest BCUT2D eigenvalue weighted by molar-refractivity contribution is 8.00. The molecule has 0 N–H and O–H groups in total. The SMILES string of the molecule is CCCCCCN(CCN1CCOCC1)C(=O)c1ccccc1SCC(=O)N1CCCC1. The molecule has 0 radical (unpaired) electrons. The van der Waals surface area contributed by atoms with Crippen molar-refractivity contribution in [2.75, 3.05) is 64.8 Å². The molecule has 7 heteroatoms. The first-order valence-electron chi connectivity index (χ1n) is 12.3. The molecule has 1 aromatic carbocycles. The number of carbonyl (C=O) groups excluding carboxylic acids is 2. The van der Waals surface area contributed by atoms with Gasteiger partial charge in [0.1, 0.15) is 0 Å². The first-order valence-corrected chi connectivity index (χ1v) is 13.3. The molecule has 0 aromatic heterocycles. The fourth-order valence-corrected chi connectivity index (χ4v) is 5.22. The maximum absolute atomic E-state index is 13.6. The molecule has 0 atom stereocenters. The molecule has 0 spiro atoms. The Kier molecular flexibility index (Phi) is 10.9. The smallest absolute Gasteiger partial charge is 0.255 e. The van der Waals surface area contributed by atoms with E-state index in [1.54, 1.807) is 0 Å². The summed E-state index contributed by atoms with van der Waals surface area (Å²) in [4.78, 5) is 33.3. The number of ether oxygens (including phenoxy) is 1. The molecule has 2 heterocycles. The van der Waals surface area contributed by atoms with E-state index in [4.69, 9.17) is 4.74 Å². The molecule has 0 bridgehead atoms. The van der Waals surface area contributed by atoms with Gasteiger partial charge in [-0.15, -0.1) is 11.8 Å². The van der Waals surface area contributed by atoms with Crippen LogP contribution >= 0.6 is 11.8 Å². The quantitative estimate of drug-likeness (QED) is 0.350. The highest BCUT2D eigenvalue weighted by Crippen LogP contribution is 2.25. The van der Waals surface area contributed by atoms with E-state index in [0.717, 1.165) is 95.2 Å². The van der Waals surface area contributed by atoms with Gasteiger partial charge in [-0.05, 0) is 31.4 Å². The van der Waals surface area contributed by atoms with Gasteiger partial charge in [0, 0.05) is 50.7 Å². The topological polar surface area (TPSA) is 53.1 Å². The van der Waals surface area contributed by atoms with Gasteiger partial charge < -0.3 is 14.5 Å². The van der Waals surface area contributed by atoms with Crippen LogP contribution in [0.1, 0.15) is 55.8 Å². The van der Waals surface area contributed by atoms with Crippen LogP contribution in [0.5, 0.6) is 0 Å². The molecule has 3 rings (SSSR count). The van der Waals surface area contributed by atoms with E-state index < -0.39 is 0 Å². The second kappa shape index (κ2) is 13.9. The minimum atomic E-state index is 0.0893. The summed E-state index contributed by atoms with van der Waals surface area (Å²) in [7, 11) is 0. The highest BCUT2D eigenvalue weighted by atomic mass is 32.2. The zero-order valence-electron chi connectivity index (χ0n) is 19.6. The number of carbonyl (C=O) groups is 2. The molecule has 1 aromatic rings. The Bertz CT molecular complexity index is 718. The molecular formula is C25H39N3O3S. The van der Waals surface area contributed by atoms with E-state index in [1.165, 1.54) is 24.6 Å². The van der Waals surface area contributed by atoms with Gasteiger partial charge in [-0.3, -0.25) is 14.5 Å². The van der Waals surface area contributed by atoms with Crippen LogP contribution in [0.25, 0.3) is 0 Å². The third kappa shape index (κ3) is 7.78. The number of hydrogen-bond acceptors (Lipinski definition) is 5. The van der Waals surface area contributed by atoms with Crippen LogP contribution in [0.15, 0.2) is 29.2 Å². The highest BCUT2D eigenvalue weighted by Gasteiger charge is 2.22. The number of hydrogen-bond donors (Lipinski definition) is 0. The van der Waals surface area contributed by atoms with Crippen LogP contribution in [0.3, 0.4) is 0 Å². The molecule has 0 saturated carbocycles. The van der Waals surface area contributed by atoms with Crippen molar-refractivity contribution < 1.29 is 14.3 Å². The van der Waals surface area contributed by atoms with Crippen molar-refractivity contribution in [1.29, 1.82) is 0 Å². The number of unbranched alkanes of at least 4 members (excludes halogenated alkanes) is 3. The van der Waals surface area contributed by atoms with Gasteiger partial charge in [-0.1, -0.05) is 38.3 Å². The molecule has 2 saturated heterocycles. The van der Waals surface area contributed by atoms with Crippen LogP contribution in [0.4, 0.5) is 0 Å². The molecule has 2 amide bonds. The third-order valence-corrected chi connectivity index (χ3v) is 7.34. The predicted octanol–water partition coefficient (Wildman–Crippen LogP) is 3.76. The largest absolute Gasteiger partial charge is 0.379 e. The molecule has 2 fully saturated rings. The summed E-state index contributed by atoms with van der Waals surface area (Å²) in [6.45, 7) is 9.76. The van der Waals surface area contributed by atoms with Gasteiger partial charge in [0.15, 0.2) is 0 Å². The second-order valence-corrected chi connectivity index (χ2v) is 9.70. The minimum Gasteiger partial charge on any atom is -0.379 e. The average Bonchev–Trinajstić information content (AvgIpc) is 3.38. The molecule has 0 unspecified atom stereocenters. The van der Waals surface area contributed by atoms with E-state index in [0.29, 0.717) is 5.75 Å². The van der Waals surface area contributed by atoms with E-state index in [9.17, 15) is 9.59 Å². The second-order valence-electron chi connectivity index (χ2n) is 8.68. The monoisotopic (exact) mass is 461 g/mol. The lowest BCUT2D eigenvalue weighted by Gasteiger charge is -2.30. The summed E-state index contributed by atoms with van der Waals surface area (Å²) in [5, 5.41) is 0. The summed E-state index contributed by atoms with van der Waals surface area (Å²) in [5.41, 5.74) is 0.726. The fraction of sp³-hybridized carbons (Fsp3) is 0.680. The predicted molar refractivity (Wildman–Crippen MR) is 130 cm³/mol. The number of benzene rings is 1. The molecular weight excluding hydrogens is 422 g/mol. The van der Waals surface area contributed by atoms with Crippen LogP contribution in [-0.4, -0.2) is 91.3 Å². The van der Waals surface area contributed by atoms with Crippen molar-refractivity contribution in [2.45, 2.75) is 50.3 Å². The summed E-state index contributed by atoms with van der Waals surface area (Å²) in [6, 6.07) is 7.78. The van der Waals surface area contributed by atoms with E-state index in [2.05, 4.69) is 11.8 Å². The lowest BCUT2D eigenvalue weighted by atomic mass is 10.1. The van der Waals surface area contributed by atoms with E-state index >= 15 is 0 Å². The lowest BCUT2D eigenvalue weighted by molar-refractivity contribution is -0.127. The van der Waals surface area contributed by atoms with Gasteiger partial charge >= 0.3 is 0 Å². The lowest BCUT2D eigenvalue weighted by Crippen LogP contribution is -2.43. The maximum Gasteiger partial charge on any atom is 0.255 e. The summed E-state index contributed by atoms with van der Waals surface area (Å²) < 4.78 is 5.46. The molecule has 0 aliphatic carbocycles. The fourth-order valence-electron chi connectivity index (χ4n) is 4.27. The zero-order valence-corrected chi connectivity index (χ0v) is 20.4. The standard InChI is InChI=1S/C25H39N3O3S/c1-2-3-4-7-14-28(16-15-26-17-19-31-20-18-26)25(30)22-10-5-6-11-23(22)32-21-24(29)27-12-8-9-13-27/h5-6,10-11H,2-4,7-9,12-21H2,1H3. The average molecular weight is 462 g/mol. The Morgan fingerprint density at radius 1 is 1.00 bits per heavy atom.